The van der Waals surface area contributed by atoms with Crippen molar-refractivity contribution in [2.75, 3.05) is 19.6 Å². The molecule has 0 aromatic heterocycles. The molecule has 1 aliphatic rings. The molecule has 1 saturated heterocycles. The van der Waals surface area contributed by atoms with Gasteiger partial charge in [0.1, 0.15) is 0 Å². The van der Waals surface area contributed by atoms with E-state index in [0.29, 0.717) is 0 Å². The van der Waals surface area contributed by atoms with Crippen molar-refractivity contribution in [1.29, 1.82) is 0 Å². The molecule has 0 radical (unpaired) electrons. The fraction of sp³-hybridized carbons (Fsp3) is 0.800. The topological polar surface area (TPSA) is 49.4 Å². The van der Waals surface area contributed by atoms with Gasteiger partial charge in [-0.2, -0.15) is 0 Å². The summed E-state index contributed by atoms with van der Waals surface area (Å²) >= 11 is 3.24. The Bertz CT molecular complexity index is 240. The number of hydrogen-bond donors (Lipinski definition) is 1. The highest BCUT2D eigenvalue weighted by Gasteiger charge is 2.19. The summed E-state index contributed by atoms with van der Waals surface area (Å²) in [6.45, 7) is 3.71. The third-order valence-corrected chi connectivity index (χ3v) is 3.58. The van der Waals surface area contributed by atoms with Crippen molar-refractivity contribution < 1.29 is 9.59 Å². The minimum atomic E-state index is -0.191. The van der Waals surface area contributed by atoms with E-state index in [1.54, 1.807) is 4.90 Å². The van der Waals surface area contributed by atoms with E-state index in [1.807, 2.05) is 6.92 Å². The minimum Gasteiger partial charge on any atom is -0.346 e. The fourth-order valence-electron chi connectivity index (χ4n) is 1.54. The van der Waals surface area contributed by atoms with Crippen LogP contribution in [0.1, 0.15) is 26.2 Å². The largest absolute Gasteiger partial charge is 0.346 e. The Labute approximate surface area is 98.5 Å². The maximum atomic E-state index is 11.6. The summed E-state index contributed by atoms with van der Waals surface area (Å²) in [7, 11) is 0. The number of carbonyl (C=O) groups excluding carboxylic acids is 2. The zero-order chi connectivity index (χ0) is 11.3. The molecule has 4 nitrogen and oxygen atoms in total. The van der Waals surface area contributed by atoms with Gasteiger partial charge >= 0.3 is 0 Å². The molecule has 1 unspecified atom stereocenters. The van der Waals surface area contributed by atoms with Crippen molar-refractivity contribution in [3.63, 3.8) is 0 Å². The van der Waals surface area contributed by atoms with E-state index in [2.05, 4.69) is 21.2 Å². The minimum absolute atomic E-state index is 0.0247. The lowest BCUT2D eigenvalue weighted by Gasteiger charge is -2.16. The van der Waals surface area contributed by atoms with Gasteiger partial charge in [0.05, 0.1) is 11.4 Å². The van der Waals surface area contributed by atoms with Crippen LogP contribution in [0.4, 0.5) is 0 Å². The molecule has 0 aromatic carbocycles. The average molecular weight is 277 g/mol. The van der Waals surface area contributed by atoms with Crippen LogP contribution in [-0.2, 0) is 9.59 Å². The first kappa shape index (κ1) is 12.5. The van der Waals surface area contributed by atoms with Gasteiger partial charge in [-0.1, -0.05) is 22.9 Å². The molecular weight excluding hydrogens is 260 g/mol. The molecule has 0 aromatic rings. The second-order valence-electron chi connectivity index (χ2n) is 3.68. The average Bonchev–Trinajstić information content (AvgIpc) is 2.77. The smallest absolute Gasteiger partial charge is 0.241 e. The van der Waals surface area contributed by atoms with E-state index in [1.165, 1.54) is 0 Å². The molecule has 86 valence electrons. The Balaban J connectivity index is 2.24. The van der Waals surface area contributed by atoms with E-state index < -0.39 is 0 Å². The summed E-state index contributed by atoms with van der Waals surface area (Å²) in [5.41, 5.74) is 0. The van der Waals surface area contributed by atoms with Gasteiger partial charge in [0, 0.05) is 13.1 Å². The lowest BCUT2D eigenvalue weighted by atomic mass is 10.3. The summed E-state index contributed by atoms with van der Waals surface area (Å²) in [6, 6.07) is 0. The van der Waals surface area contributed by atoms with Crippen LogP contribution >= 0.6 is 15.9 Å². The van der Waals surface area contributed by atoms with Crippen molar-refractivity contribution >= 4 is 27.7 Å². The number of nitrogens with one attached hydrogen (secondary N) is 1. The molecule has 5 heteroatoms. The van der Waals surface area contributed by atoms with Crippen molar-refractivity contribution in [2.45, 2.75) is 31.0 Å². The number of amides is 2. The first-order valence-corrected chi connectivity index (χ1v) is 6.26. The Hall–Kier alpha value is -0.580. The zero-order valence-corrected chi connectivity index (χ0v) is 10.5. The molecule has 0 saturated carbocycles. The van der Waals surface area contributed by atoms with Crippen LogP contribution in [0.5, 0.6) is 0 Å². The number of likely N-dealkylation sites (tertiary alicyclic amines) is 1. The molecule has 0 aliphatic carbocycles. The Kier molecular flexibility index (Phi) is 5.08. The lowest BCUT2D eigenvalue weighted by Crippen LogP contribution is -2.41. The molecule has 1 aliphatic heterocycles. The number of halogens is 1. The second kappa shape index (κ2) is 6.10. The molecule has 15 heavy (non-hydrogen) atoms. The van der Waals surface area contributed by atoms with Gasteiger partial charge < -0.3 is 10.2 Å². The van der Waals surface area contributed by atoms with Gasteiger partial charge in [0.25, 0.3) is 0 Å². The maximum absolute atomic E-state index is 11.6. The molecule has 2 amide bonds. The van der Waals surface area contributed by atoms with Crippen LogP contribution in [0.2, 0.25) is 0 Å². The molecular formula is C10H17BrN2O2. The molecule has 1 N–H and O–H groups in total. The summed E-state index contributed by atoms with van der Waals surface area (Å²) in [4.78, 5) is 24.5. The number of hydrogen-bond acceptors (Lipinski definition) is 2. The Morgan fingerprint density at radius 1 is 1.40 bits per heavy atom. The first-order valence-electron chi connectivity index (χ1n) is 5.34. The first-order chi connectivity index (χ1) is 7.15. The molecule has 0 bridgehead atoms. The van der Waals surface area contributed by atoms with Crippen LogP contribution in [0.3, 0.4) is 0 Å². The van der Waals surface area contributed by atoms with Crippen LogP contribution in [0, 0.1) is 0 Å². The monoisotopic (exact) mass is 276 g/mol. The third-order valence-electron chi connectivity index (χ3n) is 2.52. The van der Waals surface area contributed by atoms with Crippen LogP contribution in [0.15, 0.2) is 0 Å². The van der Waals surface area contributed by atoms with E-state index in [4.69, 9.17) is 0 Å². The summed E-state index contributed by atoms with van der Waals surface area (Å²) < 4.78 is 0. The summed E-state index contributed by atoms with van der Waals surface area (Å²) in [6.07, 6.45) is 2.88. The van der Waals surface area contributed by atoms with E-state index >= 15 is 0 Å². The van der Waals surface area contributed by atoms with Crippen molar-refractivity contribution in [3.8, 4) is 0 Å². The predicted molar refractivity (Wildman–Crippen MR) is 61.8 cm³/mol. The summed E-state index contributed by atoms with van der Waals surface area (Å²) in [5, 5.41) is 2.63. The highest BCUT2D eigenvalue weighted by molar-refractivity contribution is 9.10. The van der Waals surface area contributed by atoms with Crippen LogP contribution in [0.25, 0.3) is 0 Å². The molecule has 1 heterocycles. The number of rotatable bonds is 4. The van der Waals surface area contributed by atoms with Crippen molar-refractivity contribution in [1.82, 2.24) is 10.2 Å². The van der Waals surface area contributed by atoms with Crippen molar-refractivity contribution in [2.24, 2.45) is 0 Å². The highest BCUT2D eigenvalue weighted by Crippen LogP contribution is 2.07. The normalized spacial score (nSPS) is 17.6. The van der Waals surface area contributed by atoms with Gasteiger partial charge in [-0.15, -0.1) is 0 Å². The van der Waals surface area contributed by atoms with Crippen molar-refractivity contribution in [3.05, 3.63) is 0 Å². The van der Waals surface area contributed by atoms with E-state index in [0.717, 1.165) is 32.4 Å². The lowest BCUT2D eigenvalue weighted by molar-refractivity contribution is -0.131. The van der Waals surface area contributed by atoms with Gasteiger partial charge in [0.2, 0.25) is 11.8 Å². The van der Waals surface area contributed by atoms with E-state index in [-0.39, 0.29) is 23.2 Å². The predicted octanol–water partition coefficient (Wildman–Crippen LogP) is 0.898. The second-order valence-corrected chi connectivity index (χ2v) is 4.79. The maximum Gasteiger partial charge on any atom is 0.241 e. The molecule has 1 atom stereocenters. The standard InChI is InChI=1S/C10H17BrN2O2/c1-2-8(11)10(15)12-7-9(14)13-5-3-4-6-13/h8H,2-7H2,1H3,(H,12,15). The number of nitrogens with zero attached hydrogens (tertiary/aromatic N) is 1. The Morgan fingerprint density at radius 2 is 2.00 bits per heavy atom. The van der Waals surface area contributed by atoms with Crippen LogP contribution in [-0.4, -0.2) is 41.2 Å². The third kappa shape index (κ3) is 3.81. The highest BCUT2D eigenvalue weighted by atomic mass is 79.9. The zero-order valence-electron chi connectivity index (χ0n) is 8.96. The van der Waals surface area contributed by atoms with Gasteiger partial charge in [-0.05, 0) is 19.3 Å². The number of carbonyl (C=O) groups is 2. The van der Waals surface area contributed by atoms with E-state index in [9.17, 15) is 9.59 Å². The SMILES string of the molecule is CCC(Br)C(=O)NCC(=O)N1CCCC1. The van der Waals surface area contributed by atoms with Gasteiger partial charge in [-0.3, -0.25) is 9.59 Å². The quantitative estimate of drug-likeness (QED) is 0.776. The number of alkyl halides is 1. The molecule has 1 fully saturated rings. The molecule has 0 spiro atoms. The van der Waals surface area contributed by atoms with Gasteiger partial charge in [0.15, 0.2) is 0 Å². The summed E-state index contributed by atoms with van der Waals surface area (Å²) in [5.74, 6) is -0.0818. The molecule has 1 rings (SSSR count). The van der Waals surface area contributed by atoms with Crippen LogP contribution < -0.4 is 5.32 Å². The Morgan fingerprint density at radius 3 is 2.53 bits per heavy atom. The van der Waals surface area contributed by atoms with Gasteiger partial charge in [-0.25, -0.2) is 0 Å². The fourth-order valence-corrected chi connectivity index (χ4v) is 1.70.